The molecule has 0 bridgehead atoms. The van der Waals surface area contributed by atoms with Gasteiger partial charge in [0, 0.05) is 24.7 Å². The van der Waals surface area contributed by atoms with Crippen LogP contribution >= 0.6 is 0 Å². The number of carbonyl (C=O) groups excluding carboxylic acids is 1. The molecule has 3 N–H and O–H groups in total. The van der Waals surface area contributed by atoms with Crippen LogP contribution in [0.15, 0.2) is 96.2 Å². The van der Waals surface area contributed by atoms with Gasteiger partial charge in [-0.05, 0) is 36.8 Å². The van der Waals surface area contributed by atoms with Crippen LogP contribution in [0.4, 0.5) is 11.5 Å². The zero-order chi connectivity index (χ0) is 23.9. The maximum Gasteiger partial charge on any atom is 0.251 e. The Morgan fingerprint density at radius 1 is 1.00 bits per heavy atom. The number of rotatable bonds is 7. The van der Waals surface area contributed by atoms with Gasteiger partial charge in [0.1, 0.15) is 5.69 Å². The number of carbonyl (C=O) groups is 1. The fraction of sp³-hybridized carbons (Fsp3) is 0.111. The predicted octanol–water partition coefficient (Wildman–Crippen LogP) is 4.52. The molecule has 7 nitrogen and oxygen atoms in total. The third-order valence-electron chi connectivity index (χ3n) is 5.29. The molecule has 0 aliphatic carbocycles. The van der Waals surface area contributed by atoms with Crippen molar-refractivity contribution < 1.29 is 4.79 Å². The highest BCUT2D eigenvalue weighted by Crippen LogP contribution is 2.21. The molecule has 0 fully saturated rings. The molecule has 4 rings (SSSR count). The average Bonchev–Trinajstić information content (AvgIpc) is 2.88. The molecule has 0 aliphatic rings. The van der Waals surface area contributed by atoms with Gasteiger partial charge in [0.15, 0.2) is 5.82 Å². The molecule has 0 saturated carbocycles. The molecule has 1 heterocycles. The fourth-order valence-electron chi connectivity index (χ4n) is 3.48. The number of amides is 1. The van der Waals surface area contributed by atoms with Crippen LogP contribution < -0.4 is 16.1 Å². The summed E-state index contributed by atoms with van der Waals surface area (Å²) in [7, 11) is 1.86. The van der Waals surface area contributed by atoms with Crippen LogP contribution in [0.5, 0.6) is 0 Å². The van der Waals surface area contributed by atoms with Crippen molar-refractivity contribution in [3.8, 4) is 11.3 Å². The van der Waals surface area contributed by atoms with Gasteiger partial charge in [0.25, 0.3) is 5.91 Å². The average molecular weight is 451 g/mol. The minimum Gasteiger partial charge on any atom is -0.382 e. The standard InChI is InChI=1S/C27H26N6O/c1-19(32-33(2)23-14-7-4-8-15-23)25-26(28)29-18-24(31-25)21-12-9-13-22(16-21)27(34)30-17-20-10-5-3-6-11-20/h3-16,18H,17H2,1-2H3,(H2,28,29)(H,30,34)/b32-19+. The lowest BCUT2D eigenvalue weighted by molar-refractivity contribution is 0.0951. The monoisotopic (exact) mass is 450 g/mol. The molecule has 0 unspecified atom stereocenters. The van der Waals surface area contributed by atoms with E-state index in [0.717, 1.165) is 16.8 Å². The van der Waals surface area contributed by atoms with Crippen molar-refractivity contribution in [2.75, 3.05) is 17.8 Å². The van der Waals surface area contributed by atoms with E-state index in [-0.39, 0.29) is 5.91 Å². The highest BCUT2D eigenvalue weighted by atomic mass is 16.1. The maximum absolute atomic E-state index is 12.7. The van der Waals surface area contributed by atoms with Crippen LogP contribution in [-0.2, 0) is 6.54 Å². The molecule has 34 heavy (non-hydrogen) atoms. The number of nitrogen functional groups attached to an aromatic ring is 1. The number of nitrogens with zero attached hydrogens (tertiary/aromatic N) is 4. The van der Waals surface area contributed by atoms with E-state index in [0.29, 0.717) is 35.0 Å². The second kappa shape index (κ2) is 10.4. The Bertz CT molecular complexity index is 1310. The third-order valence-corrected chi connectivity index (χ3v) is 5.29. The number of hydrogen-bond acceptors (Lipinski definition) is 6. The predicted molar refractivity (Wildman–Crippen MR) is 137 cm³/mol. The van der Waals surface area contributed by atoms with E-state index in [1.807, 2.05) is 86.8 Å². The highest BCUT2D eigenvalue weighted by molar-refractivity contribution is 6.01. The molecule has 3 aromatic carbocycles. The highest BCUT2D eigenvalue weighted by Gasteiger charge is 2.13. The molecule has 0 radical (unpaired) electrons. The molecule has 0 aliphatic heterocycles. The van der Waals surface area contributed by atoms with Gasteiger partial charge in [-0.3, -0.25) is 9.80 Å². The summed E-state index contributed by atoms with van der Waals surface area (Å²) in [4.78, 5) is 21.7. The smallest absolute Gasteiger partial charge is 0.251 e. The van der Waals surface area contributed by atoms with Crippen molar-refractivity contribution in [2.24, 2.45) is 5.10 Å². The Morgan fingerprint density at radius 3 is 2.44 bits per heavy atom. The molecule has 0 spiro atoms. The first-order chi connectivity index (χ1) is 16.5. The largest absolute Gasteiger partial charge is 0.382 e. The number of benzene rings is 3. The minimum atomic E-state index is -0.156. The summed E-state index contributed by atoms with van der Waals surface area (Å²) < 4.78 is 0. The van der Waals surface area contributed by atoms with Crippen LogP contribution in [0.3, 0.4) is 0 Å². The van der Waals surface area contributed by atoms with E-state index in [9.17, 15) is 4.79 Å². The zero-order valence-electron chi connectivity index (χ0n) is 19.1. The van der Waals surface area contributed by atoms with Crippen molar-refractivity contribution in [3.05, 3.63) is 108 Å². The molecule has 4 aromatic rings. The molecule has 0 saturated heterocycles. The Balaban J connectivity index is 1.55. The van der Waals surface area contributed by atoms with Crippen molar-refractivity contribution in [2.45, 2.75) is 13.5 Å². The van der Waals surface area contributed by atoms with Gasteiger partial charge < -0.3 is 11.1 Å². The molecule has 1 aromatic heterocycles. The normalized spacial score (nSPS) is 11.2. The number of para-hydroxylation sites is 1. The number of anilines is 2. The van der Waals surface area contributed by atoms with Gasteiger partial charge in [-0.2, -0.15) is 5.10 Å². The second-order valence-electron chi connectivity index (χ2n) is 7.78. The van der Waals surface area contributed by atoms with Crippen LogP contribution in [0, 0.1) is 0 Å². The molecule has 0 atom stereocenters. The summed E-state index contributed by atoms with van der Waals surface area (Å²) in [5, 5.41) is 9.33. The van der Waals surface area contributed by atoms with E-state index in [4.69, 9.17) is 10.7 Å². The number of hydrazone groups is 1. The third kappa shape index (κ3) is 5.45. The van der Waals surface area contributed by atoms with Crippen molar-refractivity contribution in [1.29, 1.82) is 0 Å². The van der Waals surface area contributed by atoms with E-state index in [2.05, 4.69) is 15.4 Å². The Morgan fingerprint density at radius 2 is 1.71 bits per heavy atom. The Labute approximate surface area is 199 Å². The van der Waals surface area contributed by atoms with Crippen molar-refractivity contribution in [1.82, 2.24) is 15.3 Å². The number of hydrogen-bond donors (Lipinski definition) is 2. The Kier molecular flexibility index (Phi) is 6.93. The molecule has 7 heteroatoms. The fourth-order valence-corrected chi connectivity index (χ4v) is 3.48. The second-order valence-corrected chi connectivity index (χ2v) is 7.78. The lowest BCUT2D eigenvalue weighted by Crippen LogP contribution is -2.22. The van der Waals surface area contributed by atoms with Crippen LogP contribution in [0.2, 0.25) is 0 Å². The lowest BCUT2D eigenvalue weighted by Gasteiger charge is -2.15. The van der Waals surface area contributed by atoms with Crippen LogP contribution in [0.25, 0.3) is 11.3 Å². The van der Waals surface area contributed by atoms with Gasteiger partial charge in [-0.25, -0.2) is 9.97 Å². The van der Waals surface area contributed by atoms with E-state index in [1.165, 1.54) is 0 Å². The van der Waals surface area contributed by atoms with E-state index < -0.39 is 0 Å². The first-order valence-electron chi connectivity index (χ1n) is 10.9. The molecular weight excluding hydrogens is 424 g/mol. The van der Waals surface area contributed by atoms with Crippen molar-refractivity contribution >= 4 is 23.1 Å². The Hall–Kier alpha value is -4.52. The quantitative estimate of drug-likeness (QED) is 0.319. The number of nitrogens with two attached hydrogens (primary N) is 1. The van der Waals surface area contributed by atoms with Crippen LogP contribution in [0.1, 0.15) is 28.5 Å². The summed E-state index contributed by atoms with van der Waals surface area (Å²) in [6.07, 6.45) is 1.61. The number of aromatic nitrogens is 2. The first kappa shape index (κ1) is 22.7. The van der Waals surface area contributed by atoms with Gasteiger partial charge in [0.2, 0.25) is 0 Å². The first-order valence-corrected chi connectivity index (χ1v) is 10.9. The SMILES string of the molecule is C/C(=N\N(C)c1ccccc1)c1nc(-c2cccc(C(=O)NCc3ccccc3)c2)cnc1N. The van der Waals surface area contributed by atoms with Gasteiger partial charge >= 0.3 is 0 Å². The summed E-state index contributed by atoms with van der Waals surface area (Å²) in [6.45, 7) is 2.30. The van der Waals surface area contributed by atoms with Gasteiger partial charge in [-0.1, -0.05) is 60.7 Å². The van der Waals surface area contributed by atoms with Crippen LogP contribution in [-0.4, -0.2) is 28.6 Å². The zero-order valence-corrected chi connectivity index (χ0v) is 19.1. The van der Waals surface area contributed by atoms with Crippen molar-refractivity contribution in [3.63, 3.8) is 0 Å². The summed E-state index contributed by atoms with van der Waals surface area (Å²) in [5.74, 6) is 0.139. The molecule has 170 valence electrons. The summed E-state index contributed by atoms with van der Waals surface area (Å²) in [5.41, 5.74) is 11.2. The van der Waals surface area contributed by atoms with Gasteiger partial charge in [-0.15, -0.1) is 0 Å². The van der Waals surface area contributed by atoms with E-state index >= 15 is 0 Å². The molecular formula is C27H26N6O. The van der Waals surface area contributed by atoms with E-state index in [1.54, 1.807) is 23.3 Å². The maximum atomic E-state index is 12.7. The molecule has 1 amide bonds. The topological polar surface area (TPSA) is 96.5 Å². The van der Waals surface area contributed by atoms with Gasteiger partial charge in [0.05, 0.1) is 23.3 Å². The summed E-state index contributed by atoms with van der Waals surface area (Å²) >= 11 is 0. The minimum absolute atomic E-state index is 0.156. The summed E-state index contributed by atoms with van der Waals surface area (Å²) in [6, 6.07) is 26.9. The number of nitrogens with one attached hydrogen (secondary N) is 1. The lowest BCUT2D eigenvalue weighted by atomic mass is 10.1.